The number of aliphatic hydroxyl groups is 1. The van der Waals surface area contributed by atoms with Crippen molar-refractivity contribution in [3.05, 3.63) is 0 Å². The van der Waals surface area contributed by atoms with Crippen LogP contribution in [0.5, 0.6) is 0 Å². The average Bonchev–Trinajstić information content (AvgIpc) is 1.98. The maximum absolute atomic E-state index is 9.86. The summed E-state index contributed by atoms with van der Waals surface area (Å²) >= 11 is 0. The van der Waals surface area contributed by atoms with Crippen LogP contribution in [-0.2, 0) is 0 Å². The predicted molar refractivity (Wildman–Crippen MR) is 53.6 cm³/mol. The minimum Gasteiger partial charge on any atom is -0.389 e. The molecule has 0 spiro atoms. The van der Waals surface area contributed by atoms with Gasteiger partial charge in [-0.1, -0.05) is 32.1 Å². The van der Waals surface area contributed by atoms with E-state index in [4.69, 9.17) is 5.73 Å². The Labute approximate surface area is 80.9 Å². The van der Waals surface area contributed by atoms with E-state index in [2.05, 4.69) is 0 Å². The van der Waals surface area contributed by atoms with E-state index in [0.29, 0.717) is 6.54 Å². The molecule has 0 radical (unpaired) electrons. The maximum Gasteiger partial charge on any atom is 0.0769 e. The first-order valence-electron chi connectivity index (χ1n) is 4.69. The lowest BCUT2D eigenvalue weighted by Crippen LogP contribution is -2.38. The van der Waals surface area contributed by atoms with E-state index in [1.807, 2.05) is 0 Å². The van der Waals surface area contributed by atoms with Crippen LogP contribution in [0.15, 0.2) is 0 Å². The van der Waals surface area contributed by atoms with Crippen molar-refractivity contribution in [2.45, 2.75) is 50.5 Å². The summed E-state index contributed by atoms with van der Waals surface area (Å²) in [5.41, 5.74) is 4.98. The van der Waals surface area contributed by atoms with Crippen LogP contribution < -0.4 is 5.73 Å². The van der Waals surface area contributed by atoms with Crippen molar-refractivity contribution in [1.82, 2.24) is 0 Å². The Bertz CT molecular complexity index is 111. The molecule has 0 aromatic rings. The molecule has 0 heterocycles. The summed E-state index contributed by atoms with van der Waals surface area (Å²) in [6, 6.07) is 0. The standard InChI is InChI=1S/C9H19NO.ClH/c10-8-9(11)6-4-2-1-3-5-7-9;/h11H,1-8,10H2;1H. The average molecular weight is 194 g/mol. The molecule has 1 saturated carbocycles. The lowest BCUT2D eigenvalue weighted by molar-refractivity contribution is 0.0228. The van der Waals surface area contributed by atoms with Gasteiger partial charge in [0.05, 0.1) is 5.60 Å². The zero-order chi connectivity index (χ0) is 8.16. The lowest BCUT2D eigenvalue weighted by Gasteiger charge is -2.28. The van der Waals surface area contributed by atoms with Crippen LogP contribution in [0.2, 0.25) is 0 Å². The molecular formula is C9H20ClNO. The summed E-state index contributed by atoms with van der Waals surface area (Å²) in [4.78, 5) is 0. The monoisotopic (exact) mass is 193 g/mol. The van der Waals surface area contributed by atoms with Gasteiger partial charge in [0, 0.05) is 6.54 Å². The molecule has 3 heteroatoms. The Balaban J connectivity index is 0.00000121. The minimum absolute atomic E-state index is 0. The zero-order valence-electron chi connectivity index (χ0n) is 7.59. The Morgan fingerprint density at radius 2 is 1.42 bits per heavy atom. The van der Waals surface area contributed by atoms with Gasteiger partial charge in [-0.3, -0.25) is 0 Å². The van der Waals surface area contributed by atoms with Gasteiger partial charge in [0.25, 0.3) is 0 Å². The van der Waals surface area contributed by atoms with Crippen LogP contribution in [0.1, 0.15) is 44.9 Å². The Morgan fingerprint density at radius 3 is 1.83 bits per heavy atom. The van der Waals surface area contributed by atoms with Gasteiger partial charge >= 0.3 is 0 Å². The van der Waals surface area contributed by atoms with Gasteiger partial charge in [0.15, 0.2) is 0 Å². The highest BCUT2D eigenvalue weighted by molar-refractivity contribution is 5.85. The second-order valence-corrected chi connectivity index (χ2v) is 3.70. The third-order valence-electron chi connectivity index (χ3n) is 2.66. The molecule has 3 N–H and O–H groups in total. The molecule has 2 nitrogen and oxygen atoms in total. The number of halogens is 1. The summed E-state index contributed by atoms with van der Waals surface area (Å²) in [6.07, 6.45) is 7.97. The normalized spacial score (nSPS) is 23.5. The van der Waals surface area contributed by atoms with Gasteiger partial charge < -0.3 is 10.8 Å². The minimum atomic E-state index is -0.527. The molecule has 0 bridgehead atoms. The van der Waals surface area contributed by atoms with E-state index in [1.54, 1.807) is 0 Å². The number of hydrogen-bond acceptors (Lipinski definition) is 2. The van der Waals surface area contributed by atoms with E-state index in [1.165, 1.54) is 19.3 Å². The lowest BCUT2D eigenvalue weighted by atomic mass is 9.87. The van der Waals surface area contributed by atoms with Gasteiger partial charge in [0.2, 0.25) is 0 Å². The number of rotatable bonds is 1. The van der Waals surface area contributed by atoms with Crippen LogP contribution in [0.25, 0.3) is 0 Å². The Hall–Kier alpha value is 0.210. The first-order valence-corrected chi connectivity index (χ1v) is 4.69. The quantitative estimate of drug-likeness (QED) is 0.668. The van der Waals surface area contributed by atoms with E-state index in [0.717, 1.165) is 25.7 Å². The fourth-order valence-corrected chi connectivity index (χ4v) is 1.77. The summed E-state index contributed by atoms with van der Waals surface area (Å²) < 4.78 is 0. The highest BCUT2D eigenvalue weighted by Gasteiger charge is 2.24. The van der Waals surface area contributed by atoms with Crippen molar-refractivity contribution in [1.29, 1.82) is 0 Å². The molecule has 1 aliphatic rings. The molecule has 0 aromatic heterocycles. The van der Waals surface area contributed by atoms with Crippen LogP contribution in [-0.4, -0.2) is 17.3 Å². The van der Waals surface area contributed by atoms with Gasteiger partial charge in [-0.25, -0.2) is 0 Å². The van der Waals surface area contributed by atoms with Crippen LogP contribution >= 0.6 is 12.4 Å². The van der Waals surface area contributed by atoms with E-state index in [-0.39, 0.29) is 12.4 Å². The summed E-state index contributed by atoms with van der Waals surface area (Å²) in [6.45, 7) is 0.438. The second-order valence-electron chi connectivity index (χ2n) is 3.70. The maximum atomic E-state index is 9.86. The van der Waals surface area contributed by atoms with E-state index >= 15 is 0 Å². The Morgan fingerprint density at radius 1 is 1.00 bits per heavy atom. The van der Waals surface area contributed by atoms with Crippen LogP contribution in [0.3, 0.4) is 0 Å². The Kier molecular flexibility index (Phi) is 5.89. The number of nitrogens with two attached hydrogens (primary N) is 1. The molecule has 0 atom stereocenters. The molecule has 0 amide bonds. The molecule has 0 aromatic carbocycles. The summed E-state index contributed by atoms with van der Waals surface area (Å²) in [7, 11) is 0. The molecule has 0 unspecified atom stereocenters. The molecule has 1 rings (SSSR count). The predicted octanol–water partition coefficient (Wildman–Crippen LogP) is 1.84. The first kappa shape index (κ1) is 12.2. The summed E-state index contributed by atoms with van der Waals surface area (Å²) in [5.74, 6) is 0. The third-order valence-corrected chi connectivity index (χ3v) is 2.66. The van der Waals surface area contributed by atoms with Gasteiger partial charge in [-0.2, -0.15) is 0 Å². The highest BCUT2D eigenvalue weighted by Crippen LogP contribution is 2.24. The van der Waals surface area contributed by atoms with E-state index < -0.39 is 5.60 Å². The van der Waals surface area contributed by atoms with E-state index in [9.17, 15) is 5.11 Å². The second kappa shape index (κ2) is 5.79. The fraction of sp³-hybridized carbons (Fsp3) is 1.00. The molecule has 74 valence electrons. The zero-order valence-corrected chi connectivity index (χ0v) is 8.41. The van der Waals surface area contributed by atoms with Crippen molar-refractivity contribution in [2.75, 3.05) is 6.54 Å². The van der Waals surface area contributed by atoms with Crippen LogP contribution in [0, 0.1) is 0 Å². The third kappa shape index (κ3) is 3.74. The van der Waals surface area contributed by atoms with Gasteiger partial charge in [-0.15, -0.1) is 12.4 Å². The molecular weight excluding hydrogens is 174 g/mol. The summed E-state index contributed by atoms with van der Waals surface area (Å²) in [5, 5.41) is 9.86. The van der Waals surface area contributed by atoms with Gasteiger partial charge in [0.1, 0.15) is 0 Å². The molecule has 1 aliphatic carbocycles. The van der Waals surface area contributed by atoms with Crippen molar-refractivity contribution in [3.63, 3.8) is 0 Å². The molecule has 0 aliphatic heterocycles. The SMILES string of the molecule is Cl.NCC1(O)CCCCCCC1. The van der Waals surface area contributed by atoms with Crippen molar-refractivity contribution >= 4 is 12.4 Å². The number of hydrogen-bond donors (Lipinski definition) is 2. The highest BCUT2D eigenvalue weighted by atomic mass is 35.5. The topological polar surface area (TPSA) is 46.2 Å². The largest absolute Gasteiger partial charge is 0.389 e. The molecule has 0 saturated heterocycles. The first-order chi connectivity index (χ1) is 5.27. The van der Waals surface area contributed by atoms with Gasteiger partial charge in [-0.05, 0) is 12.8 Å². The van der Waals surface area contributed by atoms with Crippen LogP contribution in [0.4, 0.5) is 0 Å². The van der Waals surface area contributed by atoms with Crippen molar-refractivity contribution in [2.24, 2.45) is 5.73 Å². The van der Waals surface area contributed by atoms with Crippen molar-refractivity contribution < 1.29 is 5.11 Å². The van der Waals surface area contributed by atoms with Crippen molar-refractivity contribution in [3.8, 4) is 0 Å². The fourth-order valence-electron chi connectivity index (χ4n) is 1.77. The molecule has 1 fully saturated rings. The molecule has 12 heavy (non-hydrogen) atoms. The smallest absolute Gasteiger partial charge is 0.0769 e.